The summed E-state index contributed by atoms with van der Waals surface area (Å²) in [7, 11) is 1.68. The first-order valence-electron chi connectivity index (χ1n) is 9.73. The predicted molar refractivity (Wildman–Crippen MR) is 106 cm³/mol. The van der Waals surface area contributed by atoms with Gasteiger partial charge in [0.1, 0.15) is 5.60 Å². The van der Waals surface area contributed by atoms with Crippen molar-refractivity contribution >= 4 is 12.0 Å². The van der Waals surface area contributed by atoms with Crippen LogP contribution in [0.1, 0.15) is 39.2 Å². The van der Waals surface area contributed by atoms with Crippen LogP contribution in [0.2, 0.25) is 0 Å². The highest BCUT2D eigenvalue weighted by Crippen LogP contribution is 2.18. The highest BCUT2D eigenvalue weighted by atomic mass is 16.6. The first kappa shape index (κ1) is 21.2. The number of likely N-dealkylation sites (tertiary alicyclic amines) is 1. The molecule has 0 aromatic heterocycles. The Morgan fingerprint density at radius 1 is 1.26 bits per heavy atom. The van der Waals surface area contributed by atoms with Crippen molar-refractivity contribution in [3.8, 4) is 0 Å². The number of hydrogen-bond acceptors (Lipinski definition) is 4. The van der Waals surface area contributed by atoms with Gasteiger partial charge in [-0.2, -0.15) is 0 Å². The van der Waals surface area contributed by atoms with Gasteiger partial charge in [0.15, 0.2) is 0 Å². The molecule has 1 aromatic rings. The molecule has 0 aliphatic carbocycles. The molecule has 0 bridgehead atoms. The van der Waals surface area contributed by atoms with Gasteiger partial charge in [0.25, 0.3) is 0 Å². The number of piperidine rings is 1. The van der Waals surface area contributed by atoms with Gasteiger partial charge in [0.05, 0.1) is 5.92 Å². The molecular weight excluding hydrogens is 342 g/mol. The van der Waals surface area contributed by atoms with Crippen LogP contribution < -0.4 is 5.32 Å². The zero-order valence-electron chi connectivity index (χ0n) is 17.0. The fourth-order valence-corrected chi connectivity index (χ4v) is 3.18. The third-order valence-corrected chi connectivity index (χ3v) is 4.58. The van der Waals surface area contributed by atoms with Crippen LogP contribution in [0.4, 0.5) is 4.79 Å². The van der Waals surface area contributed by atoms with E-state index in [4.69, 9.17) is 4.74 Å². The summed E-state index contributed by atoms with van der Waals surface area (Å²) in [6.07, 6.45) is 1.57. The Kier molecular flexibility index (Phi) is 7.66. The molecule has 1 aliphatic heterocycles. The number of nitrogens with one attached hydrogen (secondary N) is 1. The topological polar surface area (TPSA) is 61.9 Å². The predicted octanol–water partition coefficient (Wildman–Crippen LogP) is 2.88. The average Bonchev–Trinajstić information content (AvgIpc) is 2.61. The minimum atomic E-state index is -0.515. The van der Waals surface area contributed by atoms with E-state index in [2.05, 4.69) is 22.3 Å². The van der Waals surface area contributed by atoms with Crippen molar-refractivity contribution in [3.63, 3.8) is 0 Å². The van der Waals surface area contributed by atoms with Gasteiger partial charge in [-0.25, -0.2) is 4.79 Å². The number of rotatable bonds is 6. The van der Waals surface area contributed by atoms with Crippen molar-refractivity contribution in [3.05, 3.63) is 35.9 Å². The van der Waals surface area contributed by atoms with E-state index in [1.807, 2.05) is 39.0 Å². The van der Waals surface area contributed by atoms with Gasteiger partial charge in [-0.1, -0.05) is 30.3 Å². The van der Waals surface area contributed by atoms with Gasteiger partial charge < -0.3 is 15.0 Å². The van der Waals surface area contributed by atoms with Crippen molar-refractivity contribution in [1.29, 1.82) is 0 Å². The monoisotopic (exact) mass is 375 g/mol. The van der Waals surface area contributed by atoms with Crippen molar-refractivity contribution in [2.24, 2.45) is 5.92 Å². The van der Waals surface area contributed by atoms with E-state index in [-0.39, 0.29) is 17.9 Å². The van der Waals surface area contributed by atoms with Crippen LogP contribution in [-0.4, -0.2) is 60.6 Å². The molecule has 150 valence electrons. The highest BCUT2D eigenvalue weighted by molar-refractivity contribution is 5.79. The molecule has 1 atom stereocenters. The molecule has 27 heavy (non-hydrogen) atoms. The molecule has 1 saturated heterocycles. The Balaban J connectivity index is 1.73. The van der Waals surface area contributed by atoms with Crippen LogP contribution in [0, 0.1) is 5.92 Å². The van der Waals surface area contributed by atoms with Gasteiger partial charge >= 0.3 is 6.09 Å². The van der Waals surface area contributed by atoms with Crippen molar-refractivity contribution in [2.75, 3.05) is 33.2 Å². The number of ether oxygens (including phenoxy) is 1. The quantitative estimate of drug-likeness (QED) is 0.830. The number of hydrogen-bond donors (Lipinski definition) is 1. The molecule has 6 nitrogen and oxygen atoms in total. The smallest absolute Gasteiger partial charge is 0.410 e. The van der Waals surface area contributed by atoms with Crippen LogP contribution in [0.3, 0.4) is 0 Å². The van der Waals surface area contributed by atoms with Crippen LogP contribution in [0.5, 0.6) is 0 Å². The first-order valence-corrected chi connectivity index (χ1v) is 9.73. The van der Waals surface area contributed by atoms with Crippen LogP contribution in [0.15, 0.2) is 30.3 Å². The molecule has 0 saturated carbocycles. The van der Waals surface area contributed by atoms with Gasteiger partial charge in [0.2, 0.25) is 5.91 Å². The summed E-state index contributed by atoms with van der Waals surface area (Å²) in [6.45, 7) is 9.07. The summed E-state index contributed by atoms with van der Waals surface area (Å²) in [5.74, 6) is 0.0830. The number of amides is 2. The van der Waals surface area contributed by atoms with E-state index in [0.29, 0.717) is 13.1 Å². The molecule has 1 aliphatic rings. The number of likely N-dealkylation sites (N-methyl/N-ethyl adjacent to an activating group) is 1. The number of nitrogens with zero attached hydrogens (tertiary/aromatic N) is 2. The molecule has 1 fully saturated rings. The molecule has 6 heteroatoms. The van der Waals surface area contributed by atoms with Crippen LogP contribution >= 0.6 is 0 Å². The standard InChI is InChI=1S/C21H33N3O3/c1-21(2,3)27-20(26)23(4)14-12-22-19(25)18-11-8-13-24(16-18)15-17-9-6-5-7-10-17/h5-7,9-10,18H,8,11-16H2,1-4H3,(H,22,25). The second kappa shape index (κ2) is 9.74. The summed E-state index contributed by atoms with van der Waals surface area (Å²) in [5, 5.41) is 2.97. The molecule has 1 heterocycles. The Morgan fingerprint density at radius 2 is 1.96 bits per heavy atom. The minimum Gasteiger partial charge on any atom is -0.444 e. The lowest BCUT2D eigenvalue weighted by Crippen LogP contribution is -2.45. The van der Waals surface area contributed by atoms with Gasteiger partial charge in [0, 0.05) is 33.2 Å². The Bertz CT molecular complexity index is 613. The maximum absolute atomic E-state index is 12.5. The Morgan fingerprint density at radius 3 is 2.63 bits per heavy atom. The Hall–Kier alpha value is -2.08. The molecule has 0 spiro atoms. The van der Waals surface area contributed by atoms with E-state index < -0.39 is 5.60 Å². The molecule has 1 aromatic carbocycles. The molecule has 1 unspecified atom stereocenters. The fraction of sp³-hybridized carbons (Fsp3) is 0.619. The van der Waals surface area contributed by atoms with E-state index in [9.17, 15) is 9.59 Å². The van der Waals surface area contributed by atoms with E-state index in [0.717, 1.165) is 32.5 Å². The first-order chi connectivity index (χ1) is 12.7. The highest BCUT2D eigenvalue weighted by Gasteiger charge is 2.26. The molecular formula is C21H33N3O3. The largest absolute Gasteiger partial charge is 0.444 e. The lowest BCUT2D eigenvalue weighted by molar-refractivity contribution is -0.126. The number of carbonyl (C=O) groups excluding carboxylic acids is 2. The summed E-state index contributed by atoms with van der Waals surface area (Å²) >= 11 is 0. The van der Waals surface area contributed by atoms with Crippen molar-refractivity contribution in [2.45, 2.75) is 45.8 Å². The average molecular weight is 376 g/mol. The lowest BCUT2D eigenvalue weighted by Gasteiger charge is -2.32. The zero-order valence-corrected chi connectivity index (χ0v) is 17.0. The molecule has 2 rings (SSSR count). The Labute approximate surface area is 162 Å². The van der Waals surface area contributed by atoms with Crippen molar-refractivity contribution < 1.29 is 14.3 Å². The maximum Gasteiger partial charge on any atom is 0.410 e. The lowest BCUT2D eigenvalue weighted by atomic mass is 9.96. The third kappa shape index (κ3) is 7.59. The fourth-order valence-electron chi connectivity index (χ4n) is 3.18. The molecule has 2 amide bonds. The zero-order chi connectivity index (χ0) is 19.9. The van der Waals surface area contributed by atoms with E-state index in [1.54, 1.807) is 7.05 Å². The normalized spacial score (nSPS) is 18.0. The maximum atomic E-state index is 12.5. The van der Waals surface area contributed by atoms with Gasteiger partial charge in [-0.3, -0.25) is 9.69 Å². The number of benzene rings is 1. The second-order valence-corrected chi connectivity index (χ2v) is 8.25. The SMILES string of the molecule is CN(CCNC(=O)C1CCCN(Cc2ccccc2)C1)C(=O)OC(C)(C)C. The van der Waals surface area contributed by atoms with Gasteiger partial charge in [-0.05, 0) is 45.7 Å². The van der Waals surface area contributed by atoms with Gasteiger partial charge in [-0.15, -0.1) is 0 Å². The van der Waals surface area contributed by atoms with E-state index >= 15 is 0 Å². The summed E-state index contributed by atoms with van der Waals surface area (Å²) in [6, 6.07) is 10.4. The molecule has 0 radical (unpaired) electrons. The molecule has 1 N–H and O–H groups in total. The van der Waals surface area contributed by atoms with Crippen LogP contribution in [0.25, 0.3) is 0 Å². The van der Waals surface area contributed by atoms with E-state index in [1.165, 1.54) is 10.5 Å². The summed E-state index contributed by atoms with van der Waals surface area (Å²) in [4.78, 5) is 28.3. The third-order valence-electron chi connectivity index (χ3n) is 4.58. The van der Waals surface area contributed by atoms with Crippen LogP contribution in [-0.2, 0) is 16.1 Å². The summed E-state index contributed by atoms with van der Waals surface area (Å²) < 4.78 is 5.31. The minimum absolute atomic E-state index is 0.00861. The van der Waals surface area contributed by atoms with Crippen molar-refractivity contribution in [1.82, 2.24) is 15.1 Å². The second-order valence-electron chi connectivity index (χ2n) is 8.25. The number of carbonyl (C=O) groups is 2. The summed E-state index contributed by atoms with van der Waals surface area (Å²) in [5.41, 5.74) is 0.761.